The highest BCUT2D eigenvalue weighted by Crippen LogP contribution is 2.41. The molecule has 3 aromatic carbocycles. The van der Waals surface area contributed by atoms with Crippen LogP contribution in [0.25, 0.3) is 22.0 Å². The number of rotatable bonds is 5. The first-order chi connectivity index (χ1) is 13.7. The van der Waals surface area contributed by atoms with E-state index < -0.39 is 0 Å². The number of thiazole rings is 1. The van der Waals surface area contributed by atoms with E-state index in [1.165, 1.54) is 11.3 Å². The van der Waals surface area contributed by atoms with E-state index in [1.807, 2.05) is 36.4 Å². The molecule has 0 amide bonds. The second-order valence-corrected chi connectivity index (χ2v) is 6.91. The molecule has 4 rings (SSSR count). The molecule has 0 saturated carbocycles. The molecule has 0 aliphatic rings. The molecule has 0 radical (unpaired) electrons. The van der Waals surface area contributed by atoms with Crippen molar-refractivity contribution in [2.45, 2.75) is 0 Å². The summed E-state index contributed by atoms with van der Waals surface area (Å²) in [5, 5.41) is 15.2. The summed E-state index contributed by atoms with van der Waals surface area (Å²) in [6.07, 6.45) is 0. The minimum atomic E-state index is 0.326. The monoisotopic (exact) mass is 388 g/mol. The van der Waals surface area contributed by atoms with Crippen LogP contribution in [-0.2, 0) is 0 Å². The van der Waals surface area contributed by atoms with Gasteiger partial charge in [-0.2, -0.15) is 0 Å². The maximum absolute atomic E-state index is 7.29. The van der Waals surface area contributed by atoms with E-state index in [0.717, 1.165) is 16.3 Å². The number of azo groups is 1. The quantitative estimate of drug-likeness (QED) is 0.295. The van der Waals surface area contributed by atoms with Crippen molar-refractivity contribution in [1.82, 2.24) is 4.98 Å². The first-order valence-corrected chi connectivity index (χ1v) is 9.22. The van der Waals surface area contributed by atoms with Crippen LogP contribution in [0, 0.1) is 5.53 Å². The van der Waals surface area contributed by atoms with Gasteiger partial charge < -0.3 is 10.5 Å². The lowest BCUT2D eigenvalue weighted by molar-refractivity contribution is 0.417. The van der Waals surface area contributed by atoms with Crippen molar-refractivity contribution in [3.05, 3.63) is 60.7 Å². The summed E-state index contributed by atoms with van der Waals surface area (Å²) in [7, 11) is 1.55. The number of ether oxygens (including phenoxy) is 1. The van der Waals surface area contributed by atoms with Gasteiger partial charge in [0.2, 0.25) is 5.13 Å². The van der Waals surface area contributed by atoms with Crippen molar-refractivity contribution in [3.63, 3.8) is 0 Å². The fourth-order valence-corrected chi connectivity index (χ4v) is 3.50. The van der Waals surface area contributed by atoms with E-state index in [0.29, 0.717) is 33.0 Å². The maximum atomic E-state index is 7.29. The first-order valence-electron chi connectivity index (χ1n) is 8.40. The van der Waals surface area contributed by atoms with E-state index in [2.05, 4.69) is 26.4 Å². The highest BCUT2D eigenvalue weighted by molar-refractivity contribution is 7.19. The van der Waals surface area contributed by atoms with Crippen molar-refractivity contribution in [2.24, 2.45) is 15.3 Å². The number of benzene rings is 3. The second-order valence-electron chi connectivity index (χ2n) is 5.95. The number of hydrogen-bond acceptors (Lipinski definition) is 8. The lowest BCUT2D eigenvalue weighted by atomic mass is 10.1. The minimum absolute atomic E-state index is 0.326. The third-order valence-electron chi connectivity index (χ3n) is 4.19. The number of hydrogen-bond donors (Lipinski definition) is 2. The van der Waals surface area contributed by atoms with Gasteiger partial charge in [-0.05, 0) is 29.0 Å². The second kappa shape index (κ2) is 7.53. The molecule has 0 aliphatic carbocycles. The molecule has 1 aromatic heterocycles. The lowest BCUT2D eigenvalue weighted by Gasteiger charge is -2.04. The standard InChI is InChI=1S/C20H16N6OS/c1-27-17-11-15(8-9-16(17)21)25-26-19-18(23-20(24-22)28-19)14-7-6-12-4-2-3-5-13(12)10-14/h2-11,22H,21H2,1H3. The van der Waals surface area contributed by atoms with Gasteiger partial charge in [0, 0.05) is 11.6 Å². The summed E-state index contributed by atoms with van der Waals surface area (Å²) in [5.41, 5.74) is 15.8. The Bertz CT molecular complexity index is 1200. The van der Waals surface area contributed by atoms with Gasteiger partial charge in [0.25, 0.3) is 0 Å². The number of nitrogens with two attached hydrogens (primary N) is 1. The fraction of sp³-hybridized carbons (Fsp3) is 0.0500. The number of aromatic nitrogens is 1. The zero-order valence-electron chi connectivity index (χ0n) is 15.0. The Morgan fingerprint density at radius 1 is 1.00 bits per heavy atom. The van der Waals surface area contributed by atoms with Crippen molar-refractivity contribution in [2.75, 3.05) is 12.8 Å². The molecule has 28 heavy (non-hydrogen) atoms. The number of fused-ring (bicyclic) bond motifs is 1. The van der Waals surface area contributed by atoms with Crippen LogP contribution in [0.1, 0.15) is 0 Å². The van der Waals surface area contributed by atoms with Crippen molar-refractivity contribution < 1.29 is 4.74 Å². The van der Waals surface area contributed by atoms with E-state index in [-0.39, 0.29) is 0 Å². The molecule has 0 aliphatic heterocycles. The van der Waals surface area contributed by atoms with Crippen LogP contribution in [0.5, 0.6) is 5.75 Å². The molecule has 0 spiro atoms. The summed E-state index contributed by atoms with van der Waals surface area (Å²) < 4.78 is 5.22. The normalized spacial score (nSPS) is 11.2. The summed E-state index contributed by atoms with van der Waals surface area (Å²) in [6.45, 7) is 0. The summed E-state index contributed by atoms with van der Waals surface area (Å²) in [5.74, 6) is 0.539. The smallest absolute Gasteiger partial charge is 0.231 e. The predicted octanol–water partition coefficient (Wildman–Crippen LogP) is 6.63. The molecule has 0 saturated heterocycles. The molecule has 3 N–H and O–H groups in total. The molecule has 8 heteroatoms. The third-order valence-corrected chi connectivity index (χ3v) is 5.02. The average molecular weight is 388 g/mol. The Labute approximate surface area is 165 Å². The van der Waals surface area contributed by atoms with Crippen LogP contribution in [0.3, 0.4) is 0 Å². The molecule has 1 heterocycles. The Hall–Kier alpha value is -3.65. The summed E-state index contributed by atoms with van der Waals surface area (Å²) in [6, 6.07) is 19.3. The number of anilines is 1. The molecule has 0 bridgehead atoms. The number of nitrogen functional groups attached to an aromatic ring is 1. The molecule has 4 aromatic rings. The maximum Gasteiger partial charge on any atom is 0.231 e. The number of nitrogens with one attached hydrogen (secondary N) is 1. The van der Waals surface area contributed by atoms with Crippen LogP contribution < -0.4 is 10.5 Å². The molecule has 0 unspecified atom stereocenters. The Balaban J connectivity index is 1.75. The van der Waals surface area contributed by atoms with Gasteiger partial charge in [-0.1, -0.05) is 47.7 Å². The average Bonchev–Trinajstić information content (AvgIpc) is 3.16. The molecule has 0 atom stereocenters. The zero-order valence-corrected chi connectivity index (χ0v) is 15.8. The zero-order chi connectivity index (χ0) is 19.5. The van der Waals surface area contributed by atoms with Gasteiger partial charge >= 0.3 is 0 Å². The van der Waals surface area contributed by atoms with Crippen LogP contribution in [0.15, 0.2) is 76.0 Å². The first kappa shape index (κ1) is 17.7. The van der Waals surface area contributed by atoms with Crippen molar-refractivity contribution in [3.8, 4) is 17.0 Å². The molecule has 0 fully saturated rings. The largest absolute Gasteiger partial charge is 0.495 e. The van der Waals surface area contributed by atoms with Crippen molar-refractivity contribution in [1.29, 1.82) is 5.53 Å². The highest BCUT2D eigenvalue weighted by atomic mass is 32.1. The Kier molecular flexibility index (Phi) is 4.77. The lowest BCUT2D eigenvalue weighted by Crippen LogP contribution is -1.90. The topological polar surface area (TPSA) is 109 Å². The van der Waals surface area contributed by atoms with E-state index in [9.17, 15) is 0 Å². The van der Waals surface area contributed by atoms with E-state index >= 15 is 0 Å². The molecular weight excluding hydrogens is 372 g/mol. The SMILES string of the molecule is COc1cc(N=Nc2sc(N=N)nc2-c2ccc3ccccc3c2)ccc1N. The number of methoxy groups -OCH3 is 1. The van der Waals surface area contributed by atoms with Gasteiger partial charge in [-0.25, -0.2) is 10.5 Å². The van der Waals surface area contributed by atoms with E-state index in [1.54, 1.807) is 25.3 Å². The highest BCUT2D eigenvalue weighted by Gasteiger charge is 2.14. The fourth-order valence-electron chi connectivity index (χ4n) is 2.81. The van der Waals surface area contributed by atoms with Crippen LogP contribution in [0.4, 0.5) is 21.5 Å². The van der Waals surface area contributed by atoms with Gasteiger partial charge in [0.15, 0.2) is 5.00 Å². The Morgan fingerprint density at radius 2 is 1.82 bits per heavy atom. The van der Waals surface area contributed by atoms with Crippen LogP contribution in [0.2, 0.25) is 0 Å². The molecular formula is C20H16N6OS. The van der Waals surface area contributed by atoms with E-state index in [4.69, 9.17) is 16.0 Å². The predicted molar refractivity (Wildman–Crippen MR) is 111 cm³/mol. The summed E-state index contributed by atoms with van der Waals surface area (Å²) >= 11 is 1.21. The number of nitrogens with zero attached hydrogens (tertiary/aromatic N) is 4. The van der Waals surface area contributed by atoms with Gasteiger partial charge in [0.05, 0.1) is 18.5 Å². The minimum Gasteiger partial charge on any atom is -0.495 e. The van der Waals surface area contributed by atoms with Crippen LogP contribution in [-0.4, -0.2) is 12.1 Å². The van der Waals surface area contributed by atoms with Gasteiger partial charge in [0.1, 0.15) is 11.4 Å². The Morgan fingerprint density at radius 3 is 2.61 bits per heavy atom. The van der Waals surface area contributed by atoms with Gasteiger partial charge in [-0.3, -0.25) is 0 Å². The molecule has 138 valence electrons. The van der Waals surface area contributed by atoms with Crippen molar-refractivity contribution >= 4 is 43.6 Å². The van der Waals surface area contributed by atoms with Crippen LogP contribution >= 0.6 is 11.3 Å². The third kappa shape index (κ3) is 3.45. The van der Waals surface area contributed by atoms with Gasteiger partial charge in [-0.15, -0.1) is 15.3 Å². The summed E-state index contributed by atoms with van der Waals surface area (Å²) in [4.78, 5) is 4.43. The molecule has 7 nitrogen and oxygen atoms in total.